The summed E-state index contributed by atoms with van der Waals surface area (Å²) in [5, 5.41) is 7.25. The van der Waals surface area contributed by atoms with Crippen LogP contribution in [0.1, 0.15) is 47.3 Å². The number of para-hydroxylation sites is 2. The molecule has 4 nitrogen and oxygen atoms in total. The van der Waals surface area contributed by atoms with Gasteiger partial charge >= 0.3 is 0 Å². The Morgan fingerprint density at radius 1 is 0.759 bits per heavy atom. The highest BCUT2D eigenvalue weighted by molar-refractivity contribution is 6.10. The number of rotatable bonds is 8. The quantitative estimate of drug-likeness (QED) is 0.152. The number of hydrogen-bond acceptors (Lipinski definition) is 3. The van der Waals surface area contributed by atoms with Crippen molar-refractivity contribution in [1.82, 2.24) is 9.88 Å². The van der Waals surface area contributed by atoms with E-state index >= 15 is 0 Å². The molecule has 282 valence electrons. The Morgan fingerprint density at radius 3 is 2.52 bits per heavy atom. The summed E-state index contributed by atoms with van der Waals surface area (Å²) in [6, 6.07) is 32.4. The summed E-state index contributed by atoms with van der Waals surface area (Å²) in [5.41, 5.74) is 20.0. The fraction of sp³-hybridized carbons (Fsp3) is 0.148. The zero-order chi connectivity index (χ0) is 38.6. The largest absolute Gasteiger partial charge is 0.454 e. The van der Waals surface area contributed by atoms with E-state index in [2.05, 4.69) is 204 Å². The van der Waals surface area contributed by atoms with Crippen LogP contribution < -0.4 is 11.1 Å². The second-order valence-electron chi connectivity index (χ2n) is 16.1. The van der Waals surface area contributed by atoms with E-state index in [4.69, 9.17) is 10.2 Å². The van der Waals surface area contributed by atoms with Crippen LogP contribution in [0.3, 0.4) is 0 Å². The standard InChI is InChI=1S/C54H45N3O/c55-54(56-46(41-31-30-37-14-5-7-18-40(37)34-41)32-28-35-27-29-36-13-4-6-17-39(36)33-35)45-22-12-26-50-52(45)44-21-11-25-49(53(44)58-50)57-47-23-9-8-19-43(47)51-42(20-10-24-48(51)57)38-15-2-1-3-16-38/h1-19,21-32,34,37,39-40,42,46,54,56H,20,33,55H2/b32-28+. The summed E-state index contributed by atoms with van der Waals surface area (Å²) in [7, 11) is 0. The second-order valence-corrected chi connectivity index (χ2v) is 16.1. The van der Waals surface area contributed by atoms with Gasteiger partial charge in [0.2, 0.25) is 0 Å². The maximum absolute atomic E-state index is 7.30. The molecule has 0 aliphatic heterocycles. The highest BCUT2D eigenvalue weighted by atomic mass is 16.3. The third kappa shape index (κ3) is 5.99. The number of aromatic nitrogens is 1. The Morgan fingerprint density at radius 2 is 1.59 bits per heavy atom. The molecule has 0 saturated carbocycles. The zero-order valence-corrected chi connectivity index (χ0v) is 32.3. The molecule has 3 N–H and O–H groups in total. The maximum Gasteiger partial charge on any atom is 0.159 e. The molecule has 4 aromatic carbocycles. The van der Waals surface area contributed by atoms with Gasteiger partial charge < -0.3 is 14.7 Å². The van der Waals surface area contributed by atoms with E-state index in [1.54, 1.807) is 0 Å². The zero-order valence-electron chi connectivity index (χ0n) is 32.3. The topological polar surface area (TPSA) is 56.1 Å². The molecular formula is C54H45N3O. The lowest BCUT2D eigenvalue weighted by molar-refractivity contribution is 0.528. The van der Waals surface area contributed by atoms with Crippen LogP contribution in [-0.2, 0) is 0 Å². The van der Waals surface area contributed by atoms with Crippen LogP contribution in [0.15, 0.2) is 209 Å². The number of benzene rings is 4. The Balaban J connectivity index is 0.990. The Kier molecular flexibility index (Phi) is 8.68. The molecule has 6 unspecified atom stereocenters. The van der Waals surface area contributed by atoms with Gasteiger partial charge in [-0.15, -0.1) is 0 Å². The first-order valence-corrected chi connectivity index (χ1v) is 20.7. The third-order valence-corrected chi connectivity index (χ3v) is 12.7. The molecule has 11 rings (SSSR count). The van der Waals surface area contributed by atoms with Crippen LogP contribution in [0.2, 0.25) is 0 Å². The molecule has 0 amide bonds. The van der Waals surface area contributed by atoms with Crippen molar-refractivity contribution in [1.29, 1.82) is 0 Å². The number of nitrogens with two attached hydrogens (primary N) is 1. The Hall–Kier alpha value is -6.46. The summed E-state index contributed by atoms with van der Waals surface area (Å²) in [5.74, 6) is 1.40. The highest BCUT2D eigenvalue weighted by Crippen LogP contribution is 2.45. The summed E-state index contributed by atoms with van der Waals surface area (Å²) in [6.07, 6.45) is 39.9. The second kappa shape index (κ2) is 14.5. The molecule has 0 bridgehead atoms. The first-order valence-electron chi connectivity index (χ1n) is 20.7. The monoisotopic (exact) mass is 751 g/mol. The van der Waals surface area contributed by atoms with Crippen molar-refractivity contribution in [3.05, 3.63) is 227 Å². The molecule has 5 aliphatic carbocycles. The van der Waals surface area contributed by atoms with E-state index in [-0.39, 0.29) is 12.0 Å². The van der Waals surface area contributed by atoms with Gasteiger partial charge in [-0.2, -0.15) is 0 Å². The van der Waals surface area contributed by atoms with Crippen LogP contribution in [0.25, 0.3) is 44.6 Å². The highest BCUT2D eigenvalue weighted by Gasteiger charge is 2.29. The van der Waals surface area contributed by atoms with Gasteiger partial charge in [-0.1, -0.05) is 170 Å². The van der Waals surface area contributed by atoms with Gasteiger partial charge in [-0.05, 0) is 70.5 Å². The minimum Gasteiger partial charge on any atom is -0.454 e. The molecule has 6 aromatic rings. The summed E-state index contributed by atoms with van der Waals surface area (Å²) in [6.45, 7) is 0. The van der Waals surface area contributed by atoms with Gasteiger partial charge in [-0.3, -0.25) is 5.32 Å². The molecule has 2 aromatic heterocycles. The SMILES string of the molecule is NC(NC(/C=C/C1=CC=C2C=CC=CC2C1)C1=CC2C=CC=CC2C=C1)c1cccc2oc3c(-n4c5c(c6ccccc64)C(c4ccccc4)CC=C5)cccc3c12. The first kappa shape index (κ1) is 34.8. The lowest BCUT2D eigenvalue weighted by Gasteiger charge is -2.28. The number of allylic oxidation sites excluding steroid dienone is 16. The predicted molar refractivity (Wildman–Crippen MR) is 241 cm³/mol. The number of nitrogens with one attached hydrogen (secondary N) is 1. The molecule has 4 heteroatoms. The van der Waals surface area contributed by atoms with E-state index in [1.165, 1.54) is 44.4 Å². The first-order chi connectivity index (χ1) is 28.7. The van der Waals surface area contributed by atoms with Crippen LogP contribution >= 0.6 is 0 Å². The molecule has 5 aliphatic rings. The minimum absolute atomic E-state index is 0.106. The summed E-state index contributed by atoms with van der Waals surface area (Å²) < 4.78 is 9.30. The van der Waals surface area contributed by atoms with Gasteiger partial charge in [0.25, 0.3) is 0 Å². The lowest BCUT2D eigenvalue weighted by Crippen LogP contribution is -2.38. The number of fused-ring (bicyclic) bond motifs is 8. The van der Waals surface area contributed by atoms with Crippen LogP contribution in [-0.4, -0.2) is 10.6 Å². The average molecular weight is 752 g/mol. The Bertz CT molecular complexity index is 2920. The van der Waals surface area contributed by atoms with Crippen molar-refractivity contribution in [2.45, 2.75) is 31.0 Å². The van der Waals surface area contributed by atoms with E-state index in [0.717, 1.165) is 46.0 Å². The number of nitrogens with zero attached hydrogens (tertiary/aromatic N) is 1. The van der Waals surface area contributed by atoms with Gasteiger partial charge in [0, 0.05) is 39.8 Å². The van der Waals surface area contributed by atoms with Crippen molar-refractivity contribution >= 4 is 38.9 Å². The smallest absolute Gasteiger partial charge is 0.159 e. The van der Waals surface area contributed by atoms with Crippen molar-refractivity contribution in [3.8, 4) is 5.69 Å². The van der Waals surface area contributed by atoms with Crippen LogP contribution in [0.5, 0.6) is 0 Å². The van der Waals surface area contributed by atoms with E-state index in [0.29, 0.717) is 17.8 Å². The van der Waals surface area contributed by atoms with Crippen LogP contribution in [0.4, 0.5) is 0 Å². The van der Waals surface area contributed by atoms with E-state index < -0.39 is 6.17 Å². The molecule has 58 heavy (non-hydrogen) atoms. The molecular weight excluding hydrogens is 707 g/mol. The van der Waals surface area contributed by atoms with Crippen LogP contribution in [0, 0.1) is 17.8 Å². The summed E-state index contributed by atoms with van der Waals surface area (Å²) in [4.78, 5) is 0. The van der Waals surface area contributed by atoms with Gasteiger partial charge in [0.05, 0.1) is 29.1 Å². The normalized spacial score (nSPS) is 22.9. The van der Waals surface area contributed by atoms with Crippen molar-refractivity contribution in [2.24, 2.45) is 23.5 Å². The van der Waals surface area contributed by atoms with Gasteiger partial charge in [0.1, 0.15) is 5.58 Å². The third-order valence-electron chi connectivity index (χ3n) is 12.7. The van der Waals surface area contributed by atoms with E-state index in [1.807, 2.05) is 0 Å². The molecule has 0 fully saturated rings. The molecule has 0 saturated heterocycles. The van der Waals surface area contributed by atoms with Crippen molar-refractivity contribution < 1.29 is 4.42 Å². The van der Waals surface area contributed by atoms with Gasteiger partial charge in [-0.25, -0.2) is 0 Å². The van der Waals surface area contributed by atoms with Crippen molar-refractivity contribution in [2.75, 3.05) is 0 Å². The number of hydrogen-bond donors (Lipinski definition) is 2. The molecule has 2 heterocycles. The van der Waals surface area contributed by atoms with Crippen molar-refractivity contribution in [3.63, 3.8) is 0 Å². The Labute approximate surface area is 339 Å². The predicted octanol–water partition coefficient (Wildman–Crippen LogP) is 12.4. The molecule has 0 radical (unpaired) electrons. The molecule has 6 atom stereocenters. The van der Waals surface area contributed by atoms with Gasteiger partial charge in [0.15, 0.2) is 5.58 Å². The molecule has 0 spiro atoms. The average Bonchev–Trinajstić information content (AvgIpc) is 3.84. The van der Waals surface area contributed by atoms with E-state index in [9.17, 15) is 0 Å². The fourth-order valence-electron chi connectivity index (χ4n) is 9.88. The minimum atomic E-state index is -0.468. The maximum atomic E-state index is 7.30. The summed E-state index contributed by atoms with van der Waals surface area (Å²) >= 11 is 0. The lowest BCUT2D eigenvalue weighted by atomic mass is 9.81. The fourth-order valence-corrected chi connectivity index (χ4v) is 9.88. The number of furan rings is 1.